The van der Waals surface area contributed by atoms with E-state index in [0.29, 0.717) is 12.8 Å². The molecule has 0 aliphatic carbocycles. The van der Waals surface area contributed by atoms with E-state index in [9.17, 15) is 14.4 Å². The topological polar surface area (TPSA) is 69.7 Å². The summed E-state index contributed by atoms with van der Waals surface area (Å²) in [6.07, 6.45) is 2.81. The van der Waals surface area contributed by atoms with Crippen molar-refractivity contribution in [3.8, 4) is 0 Å². The average molecular weight is 226 g/mol. The van der Waals surface area contributed by atoms with E-state index in [1.165, 1.54) is 0 Å². The van der Waals surface area contributed by atoms with E-state index in [-0.39, 0.29) is 6.42 Å². The van der Waals surface area contributed by atoms with Gasteiger partial charge in [-0.05, 0) is 19.3 Å². The van der Waals surface area contributed by atoms with Crippen LogP contribution < -0.4 is 0 Å². The van der Waals surface area contributed by atoms with E-state index < -0.39 is 24.0 Å². The molecule has 0 spiro atoms. The van der Waals surface area contributed by atoms with E-state index >= 15 is 0 Å². The third-order valence-electron chi connectivity index (χ3n) is 2.25. The number of cyclic esters (lactones) is 2. The average Bonchev–Trinajstić information content (AvgIpc) is 2.32. The maximum absolute atomic E-state index is 11.4. The molecule has 0 amide bonds. The van der Waals surface area contributed by atoms with Crippen LogP contribution in [0.5, 0.6) is 0 Å². The molecule has 16 heavy (non-hydrogen) atoms. The zero-order valence-electron chi connectivity index (χ0n) is 8.94. The summed E-state index contributed by atoms with van der Waals surface area (Å²) in [5, 5.41) is 0. The first-order valence-corrected chi connectivity index (χ1v) is 5.21. The van der Waals surface area contributed by atoms with Crippen LogP contribution in [0.25, 0.3) is 0 Å². The quantitative estimate of drug-likeness (QED) is 0.401. The number of carbonyl (C=O) groups excluding carboxylic acids is 3. The van der Waals surface area contributed by atoms with Gasteiger partial charge in [0.25, 0.3) is 0 Å². The molecule has 1 rings (SSSR count). The van der Waals surface area contributed by atoms with E-state index in [2.05, 4.69) is 11.3 Å². The molecule has 1 aliphatic heterocycles. The number of ether oxygens (including phenoxy) is 2. The minimum absolute atomic E-state index is 0.230. The lowest BCUT2D eigenvalue weighted by molar-refractivity contribution is -0.172. The first kappa shape index (κ1) is 12.4. The van der Waals surface area contributed by atoms with Crippen molar-refractivity contribution in [2.75, 3.05) is 0 Å². The summed E-state index contributed by atoms with van der Waals surface area (Å²) in [5.74, 6) is -2.04. The fourth-order valence-electron chi connectivity index (χ4n) is 1.42. The third kappa shape index (κ3) is 3.84. The number of hydrogen-bond donors (Lipinski definition) is 0. The van der Waals surface area contributed by atoms with E-state index in [4.69, 9.17) is 4.74 Å². The van der Waals surface area contributed by atoms with Crippen LogP contribution in [0.2, 0.25) is 0 Å². The van der Waals surface area contributed by atoms with Gasteiger partial charge in [-0.15, -0.1) is 0 Å². The van der Waals surface area contributed by atoms with Crippen LogP contribution in [0.1, 0.15) is 32.1 Å². The summed E-state index contributed by atoms with van der Waals surface area (Å²) < 4.78 is 9.35. The molecule has 0 saturated carbocycles. The van der Waals surface area contributed by atoms with Gasteiger partial charge in [-0.25, -0.2) is 9.59 Å². The Balaban J connectivity index is 2.63. The maximum Gasteiger partial charge on any atom is 0.355 e. The minimum Gasteiger partial charge on any atom is -0.447 e. The van der Waals surface area contributed by atoms with Gasteiger partial charge in [0.1, 0.15) is 0 Å². The largest absolute Gasteiger partial charge is 0.447 e. The molecule has 1 atom stereocenters. The van der Waals surface area contributed by atoms with Crippen LogP contribution >= 0.6 is 0 Å². The van der Waals surface area contributed by atoms with Crippen LogP contribution in [-0.4, -0.2) is 24.0 Å². The van der Waals surface area contributed by atoms with Gasteiger partial charge in [-0.1, -0.05) is 13.0 Å². The molecular formula is C11H14O5. The molecule has 5 heteroatoms. The highest BCUT2D eigenvalue weighted by molar-refractivity contribution is 5.90. The van der Waals surface area contributed by atoms with Gasteiger partial charge in [-0.3, -0.25) is 4.79 Å². The molecule has 1 heterocycles. The van der Waals surface area contributed by atoms with Crippen LogP contribution in [0, 0.1) is 0 Å². The zero-order valence-corrected chi connectivity index (χ0v) is 8.94. The van der Waals surface area contributed by atoms with Crippen molar-refractivity contribution in [2.45, 2.75) is 38.2 Å². The van der Waals surface area contributed by atoms with Crippen molar-refractivity contribution < 1.29 is 23.9 Å². The molecule has 1 aliphatic rings. The van der Waals surface area contributed by atoms with Gasteiger partial charge >= 0.3 is 17.9 Å². The molecular weight excluding hydrogens is 212 g/mol. The number of hydrogen-bond acceptors (Lipinski definition) is 5. The smallest absolute Gasteiger partial charge is 0.355 e. The van der Waals surface area contributed by atoms with E-state index in [1.54, 1.807) is 0 Å². The van der Waals surface area contributed by atoms with Crippen LogP contribution in [0.3, 0.4) is 0 Å². The molecule has 0 N–H and O–H groups in total. The summed E-state index contributed by atoms with van der Waals surface area (Å²) in [6, 6.07) is 0. The third-order valence-corrected chi connectivity index (χ3v) is 2.25. The highest BCUT2D eigenvalue weighted by atomic mass is 16.6. The Labute approximate surface area is 93.4 Å². The molecule has 0 radical (unpaired) electrons. The summed E-state index contributed by atoms with van der Waals surface area (Å²) in [5.41, 5.74) is 0. The summed E-state index contributed by atoms with van der Waals surface area (Å²) in [7, 11) is 0. The van der Waals surface area contributed by atoms with E-state index in [1.807, 2.05) is 0 Å². The minimum atomic E-state index is -0.993. The van der Waals surface area contributed by atoms with Crippen LogP contribution in [0.15, 0.2) is 12.7 Å². The monoisotopic (exact) mass is 226 g/mol. The van der Waals surface area contributed by atoms with Crippen molar-refractivity contribution in [1.82, 2.24) is 0 Å². The molecule has 0 bridgehead atoms. The lowest BCUT2D eigenvalue weighted by atomic mass is 10.1. The van der Waals surface area contributed by atoms with Gasteiger partial charge in [-0.2, -0.15) is 0 Å². The molecule has 88 valence electrons. The number of carbonyl (C=O) groups is 3. The highest BCUT2D eigenvalue weighted by Gasteiger charge is 2.26. The Bertz CT molecular complexity index is 307. The molecule has 1 fully saturated rings. The van der Waals surface area contributed by atoms with E-state index in [0.717, 1.165) is 18.9 Å². The predicted octanol–water partition coefficient (Wildman–Crippen LogP) is 1.12. The lowest BCUT2D eigenvalue weighted by Gasteiger charge is -2.13. The van der Waals surface area contributed by atoms with Crippen molar-refractivity contribution in [1.29, 1.82) is 0 Å². The first-order chi connectivity index (χ1) is 7.63. The SMILES string of the molecule is C=CC(=O)OC1CCCCCC(=O)OC1=O. The molecule has 5 nitrogen and oxygen atoms in total. The molecule has 0 aromatic carbocycles. The van der Waals surface area contributed by atoms with Crippen LogP contribution in [-0.2, 0) is 23.9 Å². The fraction of sp³-hybridized carbons (Fsp3) is 0.545. The second-order valence-electron chi connectivity index (χ2n) is 3.52. The summed E-state index contributed by atoms with van der Waals surface area (Å²) in [6.45, 7) is 3.23. The first-order valence-electron chi connectivity index (χ1n) is 5.21. The Morgan fingerprint density at radius 3 is 2.81 bits per heavy atom. The van der Waals surface area contributed by atoms with Crippen molar-refractivity contribution in [3.05, 3.63) is 12.7 Å². The molecule has 1 saturated heterocycles. The molecule has 0 aromatic heterocycles. The summed E-state index contributed by atoms with van der Waals surface area (Å²) in [4.78, 5) is 33.5. The van der Waals surface area contributed by atoms with Gasteiger partial charge in [0.05, 0.1) is 0 Å². The fourth-order valence-corrected chi connectivity index (χ4v) is 1.42. The second-order valence-corrected chi connectivity index (χ2v) is 3.52. The van der Waals surface area contributed by atoms with Gasteiger partial charge < -0.3 is 9.47 Å². The Morgan fingerprint density at radius 2 is 2.12 bits per heavy atom. The normalized spacial score (nSPS) is 22.4. The molecule has 1 unspecified atom stereocenters. The number of rotatable bonds is 2. The lowest BCUT2D eigenvalue weighted by Crippen LogP contribution is -2.29. The van der Waals surface area contributed by atoms with Gasteiger partial charge in [0.15, 0.2) is 6.10 Å². The van der Waals surface area contributed by atoms with Crippen LogP contribution in [0.4, 0.5) is 0 Å². The Hall–Kier alpha value is -1.65. The van der Waals surface area contributed by atoms with Gasteiger partial charge in [0, 0.05) is 12.5 Å². The van der Waals surface area contributed by atoms with Crippen molar-refractivity contribution in [2.24, 2.45) is 0 Å². The maximum atomic E-state index is 11.4. The number of esters is 3. The Morgan fingerprint density at radius 1 is 1.38 bits per heavy atom. The predicted molar refractivity (Wildman–Crippen MR) is 54.3 cm³/mol. The Kier molecular flexibility index (Phi) is 4.69. The molecule has 0 aromatic rings. The van der Waals surface area contributed by atoms with Gasteiger partial charge in [0.2, 0.25) is 0 Å². The zero-order chi connectivity index (χ0) is 12.0. The summed E-state index contributed by atoms with van der Waals surface area (Å²) >= 11 is 0. The standard InChI is InChI=1S/C11H14O5/c1-2-9(12)15-8-6-4-3-5-7-10(13)16-11(8)14/h2,8H,1,3-7H2. The second kappa shape index (κ2) is 6.05. The van der Waals surface area contributed by atoms with Crippen molar-refractivity contribution in [3.63, 3.8) is 0 Å². The van der Waals surface area contributed by atoms with Crippen molar-refractivity contribution >= 4 is 17.9 Å². The highest BCUT2D eigenvalue weighted by Crippen LogP contribution is 2.14.